The fourth-order valence-corrected chi connectivity index (χ4v) is 3.84. The van der Waals surface area contributed by atoms with Gasteiger partial charge in [0.25, 0.3) is 0 Å². The Morgan fingerprint density at radius 2 is 1.97 bits per heavy atom. The van der Waals surface area contributed by atoms with Gasteiger partial charge in [-0.2, -0.15) is 0 Å². The van der Waals surface area contributed by atoms with Gasteiger partial charge in [0.1, 0.15) is 12.8 Å². The first-order valence-electron chi connectivity index (χ1n) is 10.5. The molecule has 1 aliphatic heterocycles. The molecule has 2 heterocycles. The highest BCUT2D eigenvalue weighted by Crippen LogP contribution is 2.22. The number of hydrogen-bond acceptors (Lipinski definition) is 5. The van der Waals surface area contributed by atoms with E-state index in [4.69, 9.17) is 4.52 Å². The molecule has 1 amide bonds. The van der Waals surface area contributed by atoms with E-state index in [1.807, 2.05) is 6.07 Å². The highest BCUT2D eigenvalue weighted by atomic mass is 127. The molecule has 1 N–H and O–H groups in total. The Morgan fingerprint density at radius 1 is 1.24 bits per heavy atom. The van der Waals surface area contributed by atoms with Gasteiger partial charge in [-0.15, -0.1) is 24.0 Å². The maximum Gasteiger partial charge on any atom is 0.243 e. The van der Waals surface area contributed by atoms with Crippen LogP contribution in [-0.2, 0) is 11.3 Å². The fraction of sp³-hybridized carbons (Fsp3) is 0.750. The van der Waals surface area contributed by atoms with Crippen LogP contribution >= 0.6 is 24.0 Å². The lowest BCUT2D eigenvalue weighted by Crippen LogP contribution is -2.53. The molecule has 0 bridgehead atoms. The molecule has 164 valence electrons. The predicted molar refractivity (Wildman–Crippen MR) is 124 cm³/mol. The van der Waals surface area contributed by atoms with E-state index in [0.717, 1.165) is 56.8 Å². The number of guanidine groups is 1. The molecule has 3 rings (SSSR count). The monoisotopic (exact) mass is 518 g/mol. The average Bonchev–Trinajstić information content (AvgIpc) is 3.22. The summed E-state index contributed by atoms with van der Waals surface area (Å²) in [7, 11) is 3.55. The number of nitrogens with zero attached hydrogens (tertiary/aromatic N) is 5. The van der Waals surface area contributed by atoms with Crippen LogP contribution in [-0.4, -0.2) is 85.1 Å². The first kappa shape index (κ1) is 23.9. The van der Waals surface area contributed by atoms with Gasteiger partial charge in [0.2, 0.25) is 5.91 Å². The van der Waals surface area contributed by atoms with Crippen LogP contribution in [0.25, 0.3) is 0 Å². The molecule has 2 aliphatic rings. The Kier molecular flexibility index (Phi) is 10.2. The Morgan fingerprint density at radius 3 is 2.59 bits per heavy atom. The minimum atomic E-state index is 0. The third-order valence-corrected chi connectivity index (χ3v) is 5.69. The summed E-state index contributed by atoms with van der Waals surface area (Å²) in [5.74, 6) is 1.63. The topological polar surface area (TPSA) is 77.2 Å². The van der Waals surface area contributed by atoms with E-state index in [2.05, 4.69) is 25.3 Å². The van der Waals surface area contributed by atoms with Crippen molar-refractivity contribution in [2.45, 2.75) is 38.6 Å². The van der Waals surface area contributed by atoms with E-state index >= 15 is 0 Å². The van der Waals surface area contributed by atoms with Crippen LogP contribution in [0, 0.1) is 5.92 Å². The van der Waals surface area contributed by atoms with Gasteiger partial charge in [-0.1, -0.05) is 24.4 Å². The van der Waals surface area contributed by atoms with Crippen molar-refractivity contribution in [2.75, 3.05) is 53.4 Å². The molecule has 1 saturated carbocycles. The van der Waals surface area contributed by atoms with Gasteiger partial charge in [0, 0.05) is 59.4 Å². The van der Waals surface area contributed by atoms with E-state index < -0.39 is 0 Å². The summed E-state index contributed by atoms with van der Waals surface area (Å²) in [6.45, 7) is 5.63. The first-order chi connectivity index (χ1) is 13.6. The molecule has 1 saturated heterocycles. The smallest absolute Gasteiger partial charge is 0.243 e. The molecule has 0 radical (unpaired) electrons. The lowest BCUT2D eigenvalue weighted by Gasteiger charge is -2.36. The van der Waals surface area contributed by atoms with Crippen molar-refractivity contribution >= 4 is 35.8 Å². The van der Waals surface area contributed by atoms with Crippen LogP contribution in [0.3, 0.4) is 0 Å². The molecular formula is C20H35IN6O2. The largest absolute Gasteiger partial charge is 0.364 e. The van der Waals surface area contributed by atoms with Crippen LogP contribution in [0.15, 0.2) is 21.8 Å². The van der Waals surface area contributed by atoms with Crippen molar-refractivity contribution in [3.63, 3.8) is 0 Å². The minimum absolute atomic E-state index is 0. The maximum absolute atomic E-state index is 12.0. The second-order valence-corrected chi connectivity index (χ2v) is 8.07. The van der Waals surface area contributed by atoms with Gasteiger partial charge in [-0.25, -0.2) is 4.99 Å². The molecule has 9 heteroatoms. The predicted octanol–water partition coefficient (Wildman–Crippen LogP) is 2.02. The van der Waals surface area contributed by atoms with Gasteiger partial charge in [-0.05, 0) is 18.8 Å². The number of carbonyl (C=O) groups is 1. The molecular weight excluding hydrogens is 483 g/mol. The number of amides is 1. The number of hydrogen-bond donors (Lipinski definition) is 1. The molecule has 0 atom stereocenters. The number of aliphatic imine (C=N–C) groups is 1. The van der Waals surface area contributed by atoms with Crippen molar-refractivity contribution < 1.29 is 9.32 Å². The maximum atomic E-state index is 12.0. The Hall–Kier alpha value is -1.36. The van der Waals surface area contributed by atoms with E-state index in [1.54, 1.807) is 25.3 Å². The molecule has 2 fully saturated rings. The summed E-state index contributed by atoms with van der Waals surface area (Å²) in [4.78, 5) is 22.9. The van der Waals surface area contributed by atoms with Crippen LogP contribution in [0.4, 0.5) is 0 Å². The molecule has 1 aromatic rings. The lowest BCUT2D eigenvalue weighted by molar-refractivity contribution is -0.127. The lowest BCUT2D eigenvalue weighted by atomic mass is 9.89. The number of aromatic nitrogens is 1. The van der Waals surface area contributed by atoms with Gasteiger partial charge < -0.3 is 19.6 Å². The Labute approximate surface area is 191 Å². The second-order valence-electron chi connectivity index (χ2n) is 8.07. The zero-order valence-electron chi connectivity index (χ0n) is 17.7. The number of halogens is 1. The van der Waals surface area contributed by atoms with Crippen molar-refractivity contribution in [3.8, 4) is 0 Å². The molecule has 29 heavy (non-hydrogen) atoms. The standard InChI is InChI=1S/C20H34N6O2.HI/c1-24(2)19(27)15-22-20(21-14-17-6-4-3-5-7-17)26-11-9-25(10-12-26)16-18-8-13-28-23-18;/h8,13,17H,3-7,9-12,14-16H2,1-2H3,(H,21,22);1H. The normalized spacial score (nSPS) is 19.0. The van der Waals surface area contributed by atoms with Gasteiger partial charge in [0.05, 0.1) is 5.69 Å². The van der Waals surface area contributed by atoms with Crippen molar-refractivity contribution in [1.82, 2.24) is 25.2 Å². The van der Waals surface area contributed by atoms with Gasteiger partial charge >= 0.3 is 0 Å². The summed E-state index contributed by atoms with van der Waals surface area (Å²) in [5, 5.41) is 7.58. The molecule has 1 aromatic heterocycles. The molecule has 0 spiro atoms. The number of likely N-dealkylation sites (N-methyl/N-ethyl adjacent to an activating group) is 1. The van der Waals surface area contributed by atoms with E-state index in [9.17, 15) is 4.79 Å². The zero-order chi connectivity index (χ0) is 19.8. The van der Waals surface area contributed by atoms with Gasteiger partial charge in [0.15, 0.2) is 5.96 Å². The number of carbonyl (C=O) groups excluding carboxylic acids is 1. The SMILES string of the molecule is CN(C)C(=O)CN=C(NCC1CCCCC1)N1CCN(Cc2ccon2)CC1.I. The first-order valence-corrected chi connectivity index (χ1v) is 10.5. The summed E-state index contributed by atoms with van der Waals surface area (Å²) >= 11 is 0. The van der Waals surface area contributed by atoms with Crippen LogP contribution in [0.5, 0.6) is 0 Å². The minimum Gasteiger partial charge on any atom is -0.364 e. The molecule has 8 nitrogen and oxygen atoms in total. The highest BCUT2D eigenvalue weighted by Gasteiger charge is 2.22. The van der Waals surface area contributed by atoms with Crippen LogP contribution < -0.4 is 5.32 Å². The quantitative estimate of drug-likeness (QED) is 0.353. The summed E-state index contributed by atoms with van der Waals surface area (Å²) in [6, 6.07) is 1.91. The average molecular weight is 518 g/mol. The number of rotatable bonds is 6. The third kappa shape index (κ3) is 7.76. The van der Waals surface area contributed by atoms with Crippen molar-refractivity contribution in [2.24, 2.45) is 10.9 Å². The summed E-state index contributed by atoms with van der Waals surface area (Å²) in [5.41, 5.74) is 0.967. The summed E-state index contributed by atoms with van der Waals surface area (Å²) < 4.78 is 4.93. The second kappa shape index (κ2) is 12.4. The number of piperazine rings is 1. The summed E-state index contributed by atoms with van der Waals surface area (Å²) in [6.07, 6.45) is 8.23. The van der Waals surface area contributed by atoms with E-state index in [1.165, 1.54) is 32.1 Å². The van der Waals surface area contributed by atoms with Crippen molar-refractivity contribution in [3.05, 3.63) is 18.0 Å². The third-order valence-electron chi connectivity index (χ3n) is 5.69. The molecule has 0 aromatic carbocycles. The Balaban J connectivity index is 0.00000300. The fourth-order valence-electron chi connectivity index (χ4n) is 3.84. The van der Waals surface area contributed by atoms with Crippen molar-refractivity contribution in [1.29, 1.82) is 0 Å². The zero-order valence-corrected chi connectivity index (χ0v) is 20.0. The van der Waals surface area contributed by atoms with E-state index in [0.29, 0.717) is 0 Å². The molecule has 1 aliphatic carbocycles. The highest BCUT2D eigenvalue weighted by molar-refractivity contribution is 14.0. The molecule has 0 unspecified atom stereocenters. The van der Waals surface area contributed by atoms with E-state index in [-0.39, 0.29) is 36.4 Å². The Bertz CT molecular complexity index is 623. The van der Waals surface area contributed by atoms with Crippen LogP contribution in [0.1, 0.15) is 37.8 Å². The number of nitrogens with one attached hydrogen (secondary N) is 1. The van der Waals surface area contributed by atoms with Crippen LogP contribution in [0.2, 0.25) is 0 Å². The van der Waals surface area contributed by atoms with Gasteiger partial charge in [-0.3, -0.25) is 9.69 Å².